The number of hydrogen-bond donors (Lipinski definition) is 2. The number of rotatable bonds is 5. The molecule has 1 aromatic carbocycles. The van der Waals surface area contributed by atoms with Gasteiger partial charge in [0, 0.05) is 29.7 Å². The van der Waals surface area contributed by atoms with E-state index in [1.54, 1.807) is 4.90 Å². The molecule has 3 rings (SSSR count). The van der Waals surface area contributed by atoms with E-state index in [0.29, 0.717) is 13.0 Å². The molecule has 1 saturated heterocycles. The molecule has 0 radical (unpaired) electrons. The van der Waals surface area contributed by atoms with Gasteiger partial charge in [0.05, 0.1) is 12.8 Å². The molecule has 5 nitrogen and oxygen atoms in total. The SMILES string of the molecule is CCc1cccc2c(CC(=O)N3CCCC3CC(=O)O)c[nH]c12. The summed E-state index contributed by atoms with van der Waals surface area (Å²) in [5.41, 5.74) is 3.33. The minimum absolute atomic E-state index is 0.0246. The van der Waals surface area contributed by atoms with E-state index in [-0.39, 0.29) is 18.4 Å². The van der Waals surface area contributed by atoms with Crippen molar-refractivity contribution in [2.24, 2.45) is 0 Å². The summed E-state index contributed by atoms with van der Waals surface area (Å²) in [4.78, 5) is 28.6. The fourth-order valence-corrected chi connectivity index (χ4v) is 3.56. The maximum absolute atomic E-state index is 12.6. The normalized spacial score (nSPS) is 17.8. The van der Waals surface area contributed by atoms with Crippen LogP contribution in [-0.2, 0) is 22.4 Å². The average molecular weight is 314 g/mol. The molecule has 0 saturated carbocycles. The van der Waals surface area contributed by atoms with Crippen LogP contribution in [0.1, 0.15) is 37.3 Å². The maximum Gasteiger partial charge on any atom is 0.305 e. The zero-order valence-corrected chi connectivity index (χ0v) is 13.3. The number of carbonyl (C=O) groups is 2. The van der Waals surface area contributed by atoms with Crippen molar-refractivity contribution in [1.29, 1.82) is 0 Å². The van der Waals surface area contributed by atoms with Crippen molar-refractivity contribution in [2.45, 2.75) is 45.1 Å². The number of carboxylic acids is 1. The highest BCUT2D eigenvalue weighted by molar-refractivity contribution is 5.90. The number of H-pyrrole nitrogens is 1. The average Bonchev–Trinajstić information content (AvgIpc) is 3.13. The van der Waals surface area contributed by atoms with Crippen LogP contribution in [0, 0.1) is 0 Å². The number of aryl methyl sites for hydroxylation is 1. The molecule has 122 valence electrons. The molecule has 1 atom stereocenters. The topological polar surface area (TPSA) is 73.4 Å². The Hall–Kier alpha value is -2.30. The smallest absolute Gasteiger partial charge is 0.305 e. The zero-order valence-electron chi connectivity index (χ0n) is 13.3. The van der Waals surface area contributed by atoms with Gasteiger partial charge in [0.2, 0.25) is 5.91 Å². The molecule has 1 aliphatic rings. The van der Waals surface area contributed by atoms with Gasteiger partial charge in [0.15, 0.2) is 0 Å². The minimum atomic E-state index is -0.839. The third kappa shape index (κ3) is 3.09. The fourth-order valence-electron chi connectivity index (χ4n) is 3.56. The van der Waals surface area contributed by atoms with Crippen LogP contribution in [0.3, 0.4) is 0 Å². The van der Waals surface area contributed by atoms with E-state index in [4.69, 9.17) is 5.11 Å². The summed E-state index contributed by atoms with van der Waals surface area (Å²) in [6, 6.07) is 5.99. The summed E-state index contributed by atoms with van der Waals surface area (Å²) >= 11 is 0. The standard InChI is InChI=1S/C18H22N2O3/c1-2-12-5-3-7-15-13(11-19-18(12)15)9-16(21)20-8-4-6-14(20)10-17(22)23/h3,5,7,11,14,19H,2,4,6,8-10H2,1H3,(H,22,23). The van der Waals surface area contributed by atoms with Crippen molar-refractivity contribution in [3.63, 3.8) is 0 Å². The van der Waals surface area contributed by atoms with Crippen molar-refractivity contribution in [3.8, 4) is 0 Å². The van der Waals surface area contributed by atoms with E-state index in [1.807, 2.05) is 18.3 Å². The summed E-state index contributed by atoms with van der Waals surface area (Å²) in [5, 5.41) is 10.1. The lowest BCUT2D eigenvalue weighted by atomic mass is 10.0. The molecule has 1 fully saturated rings. The van der Waals surface area contributed by atoms with Gasteiger partial charge in [-0.1, -0.05) is 25.1 Å². The Balaban J connectivity index is 1.79. The second-order valence-corrected chi connectivity index (χ2v) is 6.16. The molecular weight excluding hydrogens is 292 g/mol. The van der Waals surface area contributed by atoms with Gasteiger partial charge >= 0.3 is 5.97 Å². The van der Waals surface area contributed by atoms with Crippen LogP contribution in [0.4, 0.5) is 0 Å². The van der Waals surface area contributed by atoms with Gasteiger partial charge < -0.3 is 15.0 Å². The molecule has 0 aliphatic carbocycles. The Morgan fingerprint density at radius 3 is 2.91 bits per heavy atom. The first kappa shape index (κ1) is 15.6. The van der Waals surface area contributed by atoms with Gasteiger partial charge in [-0.05, 0) is 30.4 Å². The zero-order chi connectivity index (χ0) is 16.4. The molecule has 1 aliphatic heterocycles. The predicted molar refractivity (Wildman–Crippen MR) is 88.4 cm³/mol. The Labute approximate surface area is 135 Å². The van der Waals surface area contributed by atoms with Gasteiger partial charge in [-0.25, -0.2) is 0 Å². The summed E-state index contributed by atoms with van der Waals surface area (Å²) in [5.74, 6) is -0.814. The minimum Gasteiger partial charge on any atom is -0.481 e. The first-order chi connectivity index (χ1) is 11.1. The molecule has 2 aromatic rings. The van der Waals surface area contributed by atoms with Gasteiger partial charge in [0.25, 0.3) is 0 Å². The second kappa shape index (κ2) is 6.44. The highest BCUT2D eigenvalue weighted by Gasteiger charge is 2.30. The van der Waals surface area contributed by atoms with Crippen LogP contribution in [0.15, 0.2) is 24.4 Å². The van der Waals surface area contributed by atoms with Gasteiger partial charge in [-0.15, -0.1) is 0 Å². The third-order valence-corrected chi connectivity index (χ3v) is 4.72. The fraction of sp³-hybridized carbons (Fsp3) is 0.444. The number of aromatic amines is 1. The lowest BCUT2D eigenvalue weighted by Crippen LogP contribution is -2.37. The quantitative estimate of drug-likeness (QED) is 0.891. The van der Waals surface area contributed by atoms with Gasteiger partial charge in [-0.2, -0.15) is 0 Å². The summed E-state index contributed by atoms with van der Waals surface area (Å²) in [6.45, 7) is 2.78. The van der Waals surface area contributed by atoms with Crippen molar-refractivity contribution in [2.75, 3.05) is 6.54 Å². The maximum atomic E-state index is 12.6. The lowest BCUT2D eigenvalue weighted by molar-refractivity contribution is -0.139. The van der Waals surface area contributed by atoms with Crippen molar-refractivity contribution < 1.29 is 14.7 Å². The van der Waals surface area contributed by atoms with Crippen LogP contribution in [-0.4, -0.2) is 39.5 Å². The number of aliphatic carboxylic acids is 1. The number of amides is 1. The number of carbonyl (C=O) groups excluding carboxylic acids is 1. The number of fused-ring (bicyclic) bond motifs is 1. The Kier molecular flexibility index (Phi) is 4.37. The monoisotopic (exact) mass is 314 g/mol. The Bertz CT molecular complexity index is 735. The third-order valence-electron chi connectivity index (χ3n) is 4.72. The molecule has 0 bridgehead atoms. The lowest BCUT2D eigenvalue weighted by Gasteiger charge is -2.23. The molecular formula is C18H22N2O3. The van der Waals surface area contributed by atoms with Crippen LogP contribution < -0.4 is 0 Å². The highest BCUT2D eigenvalue weighted by Crippen LogP contribution is 2.25. The van der Waals surface area contributed by atoms with Crippen LogP contribution in [0.2, 0.25) is 0 Å². The molecule has 5 heteroatoms. The summed E-state index contributed by atoms with van der Waals surface area (Å²) in [7, 11) is 0. The van der Waals surface area contributed by atoms with E-state index >= 15 is 0 Å². The summed E-state index contributed by atoms with van der Waals surface area (Å²) < 4.78 is 0. The number of carboxylic acid groups (broad SMARTS) is 1. The molecule has 1 unspecified atom stereocenters. The van der Waals surface area contributed by atoms with Crippen molar-refractivity contribution in [1.82, 2.24) is 9.88 Å². The number of likely N-dealkylation sites (tertiary alicyclic amines) is 1. The number of nitrogens with one attached hydrogen (secondary N) is 1. The number of benzene rings is 1. The molecule has 1 aromatic heterocycles. The Morgan fingerprint density at radius 1 is 1.35 bits per heavy atom. The molecule has 2 N–H and O–H groups in total. The van der Waals surface area contributed by atoms with Crippen LogP contribution in [0.25, 0.3) is 10.9 Å². The molecule has 0 spiro atoms. The van der Waals surface area contributed by atoms with E-state index < -0.39 is 5.97 Å². The van der Waals surface area contributed by atoms with E-state index in [1.165, 1.54) is 5.56 Å². The number of aromatic nitrogens is 1. The number of nitrogens with zero attached hydrogens (tertiary/aromatic N) is 1. The van der Waals surface area contributed by atoms with E-state index in [2.05, 4.69) is 18.0 Å². The first-order valence-electron chi connectivity index (χ1n) is 8.19. The molecule has 1 amide bonds. The van der Waals surface area contributed by atoms with Crippen LogP contribution >= 0.6 is 0 Å². The number of para-hydroxylation sites is 1. The second-order valence-electron chi connectivity index (χ2n) is 6.16. The highest BCUT2D eigenvalue weighted by atomic mass is 16.4. The van der Waals surface area contributed by atoms with E-state index in [0.717, 1.165) is 35.7 Å². The van der Waals surface area contributed by atoms with Gasteiger partial charge in [0.1, 0.15) is 0 Å². The van der Waals surface area contributed by atoms with Crippen LogP contribution in [0.5, 0.6) is 0 Å². The largest absolute Gasteiger partial charge is 0.481 e. The number of hydrogen-bond acceptors (Lipinski definition) is 2. The first-order valence-corrected chi connectivity index (χ1v) is 8.19. The molecule has 23 heavy (non-hydrogen) atoms. The van der Waals surface area contributed by atoms with Crippen molar-refractivity contribution in [3.05, 3.63) is 35.5 Å². The van der Waals surface area contributed by atoms with E-state index in [9.17, 15) is 9.59 Å². The predicted octanol–water partition coefficient (Wildman–Crippen LogP) is 2.74. The summed E-state index contributed by atoms with van der Waals surface area (Å²) in [6.07, 6.45) is 4.88. The molecule has 2 heterocycles. The Morgan fingerprint density at radius 2 is 2.17 bits per heavy atom. The van der Waals surface area contributed by atoms with Gasteiger partial charge in [-0.3, -0.25) is 9.59 Å². The van der Waals surface area contributed by atoms with Crippen molar-refractivity contribution >= 4 is 22.8 Å².